The molecule has 0 aliphatic heterocycles. The summed E-state index contributed by atoms with van der Waals surface area (Å²) in [5, 5.41) is 11.5. The van der Waals surface area contributed by atoms with E-state index in [-0.39, 0.29) is 0 Å². The Morgan fingerprint density at radius 1 is 0.441 bits per heavy atom. The molecule has 15 rings (SSSR count). The average molecular weight is 769 g/mol. The minimum atomic E-state index is 0.340. The maximum absolute atomic E-state index is 9.50. The first-order valence-electron chi connectivity index (χ1n) is 22.4. The van der Waals surface area contributed by atoms with Crippen molar-refractivity contribution in [3.05, 3.63) is 126 Å². The van der Waals surface area contributed by atoms with Crippen LogP contribution in [-0.4, -0.2) is 15.0 Å². The molecule has 0 saturated heterocycles. The second-order valence-corrected chi connectivity index (χ2v) is 20.1. The van der Waals surface area contributed by atoms with Crippen molar-refractivity contribution in [2.45, 2.75) is 87.9 Å². The third-order valence-corrected chi connectivity index (χ3v) is 16.3. The second-order valence-electron chi connectivity index (χ2n) is 20.1. The van der Waals surface area contributed by atoms with Crippen LogP contribution in [0.15, 0.2) is 114 Å². The van der Waals surface area contributed by atoms with Gasteiger partial charge in [0.1, 0.15) is 11.2 Å². The van der Waals surface area contributed by atoms with Gasteiger partial charge in [-0.05, 0) is 182 Å². The fourth-order valence-electron chi connectivity index (χ4n) is 14.5. The summed E-state index contributed by atoms with van der Waals surface area (Å²) in [6, 6.07) is 41.6. The molecule has 0 unspecified atom stereocenters. The lowest BCUT2D eigenvalue weighted by Crippen LogP contribution is -2.48. The highest BCUT2D eigenvalue weighted by Gasteiger charge is 2.52. The lowest BCUT2D eigenvalue weighted by atomic mass is 9.48. The topological polar surface area (TPSA) is 75.6 Å². The Morgan fingerprint density at radius 3 is 1.39 bits per heavy atom. The van der Waals surface area contributed by atoms with Gasteiger partial charge in [0.15, 0.2) is 17.5 Å². The summed E-state index contributed by atoms with van der Waals surface area (Å²) in [5.41, 5.74) is 11.1. The first-order chi connectivity index (χ1) is 28.9. The van der Waals surface area contributed by atoms with Gasteiger partial charge in [-0.15, -0.1) is 0 Å². The first kappa shape index (κ1) is 34.3. The summed E-state index contributed by atoms with van der Waals surface area (Å²) in [6.45, 7) is 0. The number of hydrogen-bond acceptors (Lipinski definition) is 5. The van der Waals surface area contributed by atoms with Crippen molar-refractivity contribution in [1.29, 1.82) is 5.26 Å². The van der Waals surface area contributed by atoms with Crippen LogP contribution in [0.4, 0.5) is 0 Å². The highest BCUT2D eigenvalue weighted by atomic mass is 16.3. The summed E-state index contributed by atoms with van der Waals surface area (Å²) in [5.74, 6) is 7.47. The summed E-state index contributed by atoms with van der Waals surface area (Å²) >= 11 is 0. The van der Waals surface area contributed by atoms with Gasteiger partial charge in [-0.25, -0.2) is 15.0 Å². The molecule has 2 heterocycles. The van der Waals surface area contributed by atoms with E-state index in [0.717, 1.165) is 68.6 Å². The SMILES string of the molecule is N#Cc1ccc2c(c1)oc1cc(-c3nc(-c4ccc(C56CC7C[C@H](C5)C[C@@H](C7)C6)cc4)nc(-c4cccc(-c5ccc([C@]67CC8C[C@@H](C[C@H](C8)C6)C7)cc5)c4)n3)ccc12. The Hall–Kier alpha value is -5.60. The van der Waals surface area contributed by atoms with E-state index < -0.39 is 0 Å². The predicted molar refractivity (Wildman–Crippen MR) is 233 cm³/mol. The standard InChI is InChI=1S/C54H48N4O/c55-31-32-4-14-46-47-15-9-43(24-49(47)59-48(46)22-32)52-57-50(40-7-12-45(13-8-40)54-28-36-19-37(29-54)21-38(20-36)30-54)56-51(58-52)42-3-1-2-41(23-42)39-5-10-44(11-6-39)53-25-33-16-34(26-53)18-35(17-33)27-53/h1-15,22-24,33-38H,16-21,25-30H2/t33-,34-,35?,36-,37+,38?,53-,54?/m1/s1. The number of furan rings is 1. The number of rotatable bonds is 6. The van der Waals surface area contributed by atoms with Gasteiger partial charge in [0.05, 0.1) is 11.6 Å². The fourth-order valence-corrected chi connectivity index (χ4v) is 14.5. The highest BCUT2D eigenvalue weighted by Crippen LogP contribution is 2.62. The van der Waals surface area contributed by atoms with E-state index in [9.17, 15) is 5.26 Å². The Labute approximate surface area is 345 Å². The molecule has 5 nitrogen and oxygen atoms in total. The minimum absolute atomic E-state index is 0.340. The molecule has 8 fully saturated rings. The largest absolute Gasteiger partial charge is 0.456 e. The molecule has 0 amide bonds. The number of fused-ring (bicyclic) bond motifs is 3. The molecule has 0 spiro atoms. The lowest BCUT2D eigenvalue weighted by molar-refractivity contribution is -0.00530. The van der Waals surface area contributed by atoms with Crippen LogP contribution in [0, 0.1) is 46.8 Å². The molecule has 8 aliphatic carbocycles. The Bertz CT molecular complexity index is 2790. The van der Waals surface area contributed by atoms with Crippen molar-refractivity contribution in [3.63, 3.8) is 0 Å². The number of benzene rings is 5. The van der Waals surface area contributed by atoms with E-state index in [1.807, 2.05) is 24.3 Å². The third-order valence-electron chi connectivity index (χ3n) is 16.3. The summed E-state index contributed by atoms with van der Waals surface area (Å²) in [4.78, 5) is 15.6. The van der Waals surface area contributed by atoms with Crippen molar-refractivity contribution in [2.24, 2.45) is 35.5 Å². The van der Waals surface area contributed by atoms with Gasteiger partial charge in [0, 0.05) is 27.5 Å². The molecule has 8 saturated carbocycles. The van der Waals surface area contributed by atoms with Crippen LogP contribution in [0.2, 0.25) is 0 Å². The first-order valence-corrected chi connectivity index (χ1v) is 22.4. The molecule has 59 heavy (non-hydrogen) atoms. The van der Waals surface area contributed by atoms with E-state index in [0.29, 0.717) is 39.4 Å². The quantitative estimate of drug-likeness (QED) is 0.168. The van der Waals surface area contributed by atoms with Crippen LogP contribution in [0.3, 0.4) is 0 Å². The molecule has 5 heteroatoms. The zero-order chi connectivity index (χ0) is 38.9. The van der Waals surface area contributed by atoms with Gasteiger partial charge in [-0.3, -0.25) is 0 Å². The van der Waals surface area contributed by atoms with Gasteiger partial charge in [-0.1, -0.05) is 72.8 Å². The molecule has 8 bridgehead atoms. The molecule has 2 aromatic heterocycles. The van der Waals surface area contributed by atoms with E-state index in [4.69, 9.17) is 19.4 Å². The van der Waals surface area contributed by atoms with Gasteiger partial charge in [0.25, 0.3) is 0 Å². The maximum atomic E-state index is 9.50. The summed E-state index contributed by atoms with van der Waals surface area (Å²) in [6.07, 6.45) is 16.9. The predicted octanol–water partition coefficient (Wildman–Crippen LogP) is 13.2. The van der Waals surface area contributed by atoms with Gasteiger partial charge >= 0.3 is 0 Å². The van der Waals surface area contributed by atoms with E-state index >= 15 is 0 Å². The van der Waals surface area contributed by atoms with Crippen LogP contribution in [-0.2, 0) is 10.8 Å². The molecule has 7 aromatic rings. The molecular formula is C54H48N4O. The fraction of sp³-hybridized carbons (Fsp3) is 0.370. The number of nitriles is 1. The van der Waals surface area contributed by atoms with Gasteiger partial charge in [-0.2, -0.15) is 5.26 Å². The molecule has 5 aromatic carbocycles. The molecule has 0 radical (unpaired) electrons. The van der Waals surface area contributed by atoms with Crippen molar-refractivity contribution in [3.8, 4) is 51.4 Å². The molecule has 290 valence electrons. The number of nitrogens with zero attached hydrogens (tertiary/aromatic N) is 4. The summed E-state index contributed by atoms with van der Waals surface area (Å²) < 4.78 is 6.32. The zero-order valence-corrected chi connectivity index (χ0v) is 33.5. The number of aromatic nitrogens is 3. The molecule has 8 aliphatic rings. The zero-order valence-electron chi connectivity index (χ0n) is 33.5. The molecule has 0 N–H and O–H groups in total. The van der Waals surface area contributed by atoms with E-state index in [2.05, 4.69) is 91.0 Å². The summed E-state index contributed by atoms with van der Waals surface area (Å²) in [7, 11) is 0. The van der Waals surface area contributed by atoms with Crippen molar-refractivity contribution in [1.82, 2.24) is 15.0 Å². The normalized spacial score (nSPS) is 30.0. The number of hydrogen-bond donors (Lipinski definition) is 0. The minimum Gasteiger partial charge on any atom is -0.456 e. The highest BCUT2D eigenvalue weighted by molar-refractivity contribution is 6.06. The van der Waals surface area contributed by atoms with Gasteiger partial charge in [0.2, 0.25) is 0 Å². The molecular weight excluding hydrogens is 721 g/mol. The Kier molecular flexibility index (Phi) is 7.38. The molecule has 0 atom stereocenters. The van der Waals surface area contributed by atoms with Crippen LogP contribution in [0.1, 0.15) is 93.7 Å². The average Bonchev–Trinajstić information content (AvgIpc) is 3.63. The monoisotopic (exact) mass is 768 g/mol. The second kappa shape index (κ2) is 12.7. The van der Waals surface area contributed by atoms with Crippen molar-refractivity contribution in [2.75, 3.05) is 0 Å². The lowest BCUT2D eigenvalue weighted by Gasteiger charge is -2.57. The van der Waals surface area contributed by atoms with E-state index in [1.165, 1.54) is 93.7 Å². The van der Waals surface area contributed by atoms with Crippen LogP contribution >= 0.6 is 0 Å². The smallest absolute Gasteiger partial charge is 0.164 e. The van der Waals surface area contributed by atoms with Crippen LogP contribution in [0.5, 0.6) is 0 Å². The van der Waals surface area contributed by atoms with Crippen molar-refractivity contribution < 1.29 is 4.42 Å². The maximum Gasteiger partial charge on any atom is 0.164 e. The Morgan fingerprint density at radius 2 is 0.864 bits per heavy atom. The van der Waals surface area contributed by atoms with Crippen LogP contribution < -0.4 is 0 Å². The van der Waals surface area contributed by atoms with Crippen LogP contribution in [0.25, 0.3) is 67.2 Å². The van der Waals surface area contributed by atoms with Gasteiger partial charge < -0.3 is 4.42 Å². The third kappa shape index (κ3) is 5.58. The Balaban J connectivity index is 0.878. The van der Waals surface area contributed by atoms with E-state index in [1.54, 1.807) is 5.56 Å². The van der Waals surface area contributed by atoms with Crippen molar-refractivity contribution >= 4 is 21.9 Å².